The minimum Gasteiger partial charge on any atom is -0.469 e. The number of Topliss-reactive ketones (excluding diaryl/α,β-unsaturated/α-hetero) is 1. The van der Waals surface area contributed by atoms with Gasteiger partial charge in [0.1, 0.15) is 11.9 Å². The van der Waals surface area contributed by atoms with Crippen molar-refractivity contribution in [3.8, 4) is 0 Å². The summed E-state index contributed by atoms with van der Waals surface area (Å²) in [6.45, 7) is 16.8. The molecule has 3 unspecified atom stereocenters. The van der Waals surface area contributed by atoms with E-state index in [0.29, 0.717) is 18.6 Å². The molecule has 0 amide bonds. The normalized spacial score (nSPS) is 50.7. The summed E-state index contributed by atoms with van der Waals surface area (Å²) in [7, 11) is 0. The van der Waals surface area contributed by atoms with E-state index in [2.05, 4.69) is 34.3 Å². The molecule has 7 heteroatoms. The highest BCUT2D eigenvalue weighted by Crippen LogP contribution is 2.90. The Morgan fingerprint density at radius 3 is 2.64 bits per heavy atom. The Morgan fingerprint density at radius 2 is 1.95 bits per heavy atom. The van der Waals surface area contributed by atoms with Gasteiger partial charge in [-0.3, -0.25) is 4.79 Å². The molecule has 0 radical (unpaired) electrons. The van der Waals surface area contributed by atoms with Gasteiger partial charge in [0.15, 0.2) is 17.9 Å². The molecular formula is C32H46O7. The van der Waals surface area contributed by atoms with Crippen molar-refractivity contribution in [2.75, 3.05) is 6.61 Å². The number of carbonyl (C=O) groups is 1. The molecule has 216 valence electrons. The molecule has 5 fully saturated rings. The van der Waals surface area contributed by atoms with Crippen molar-refractivity contribution in [3.63, 3.8) is 0 Å². The number of aliphatic hydroxyl groups is 2. The van der Waals surface area contributed by atoms with E-state index in [1.54, 1.807) is 13.8 Å². The molecule has 7 aliphatic rings. The smallest absolute Gasteiger partial charge is 0.212 e. The van der Waals surface area contributed by atoms with Crippen LogP contribution in [0.5, 0.6) is 0 Å². The Labute approximate surface area is 232 Å². The molecule has 7 nitrogen and oxygen atoms in total. The van der Waals surface area contributed by atoms with Crippen LogP contribution in [0.2, 0.25) is 0 Å². The van der Waals surface area contributed by atoms with Gasteiger partial charge >= 0.3 is 0 Å². The highest BCUT2D eigenvalue weighted by Gasteiger charge is 2.98. The minimum absolute atomic E-state index is 0.0318. The van der Waals surface area contributed by atoms with Gasteiger partial charge in [-0.05, 0) is 80.8 Å². The van der Waals surface area contributed by atoms with E-state index in [4.69, 9.17) is 18.9 Å². The first-order chi connectivity index (χ1) is 18.2. The monoisotopic (exact) mass is 542 g/mol. The number of fused-ring (bicyclic) bond motifs is 2. The lowest BCUT2D eigenvalue weighted by Gasteiger charge is -2.58. The van der Waals surface area contributed by atoms with Crippen molar-refractivity contribution in [3.05, 3.63) is 23.5 Å². The van der Waals surface area contributed by atoms with E-state index in [-0.39, 0.29) is 41.2 Å². The molecule has 2 saturated heterocycles. The maximum absolute atomic E-state index is 14.5. The molecule has 3 spiro atoms. The zero-order chi connectivity index (χ0) is 28.0. The molecule has 4 bridgehead atoms. The number of hydrogen-bond donors (Lipinski definition) is 2. The highest BCUT2D eigenvalue weighted by molar-refractivity contribution is 6.05. The number of carbonyl (C=O) groups excluding carboxylic acids is 1. The summed E-state index contributed by atoms with van der Waals surface area (Å²) in [6, 6.07) is 0. The predicted molar refractivity (Wildman–Crippen MR) is 143 cm³/mol. The zero-order valence-electron chi connectivity index (χ0n) is 24.5. The van der Waals surface area contributed by atoms with Gasteiger partial charge in [0.2, 0.25) is 5.79 Å². The maximum atomic E-state index is 14.5. The molecule has 7 rings (SSSR count). The number of hydrogen-bond acceptors (Lipinski definition) is 7. The van der Waals surface area contributed by atoms with Gasteiger partial charge < -0.3 is 29.2 Å². The molecule has 3 aliphatic heterocycles. The Bertz CT molecular complexity index is 1170. The number of aliphatic hydroxyl groups excluding tert-OH is 1. The van der Waals surface area contributed by atoms with Gasteiger partial charge in [0.05, 0.1) is 23.0 Å². The van der Waals surface area contributed by atoms with Crippen LogP contribution in [0.25, 0.3) is 0 Å². The third-order valence-electron chi connectivity index (χ3n) is 12.0. The number of unbranched alkanes of at least 4 members (excludes halogenated alkanes) is 1. The molecule has 0 aromatic heterocycles. The summed E-state index contributed by atoms with van der Waals surface area (Å²) in [5.41, 5.74) is -0.712. The van der Waals surface area contributed by atoms with Crippen molar-refractivity contribution in [2.45, 2.75) is 122 Å². The van der Waals surface area contributed by atoms with E-state index in [9.17, 15) is 15.0 Å². The van der Waals surface area contributed by atoms with Gasteiger partial charge in [0, 0.05) is 18.3 Å². The minimum atomic E-state index is -1.66. The van der Waals surface area contributed by atoms with E-state index in [0.717, 1.165) is 50.7 Å². The van der Waals surface area contributed by atoms with Crippen LogP contribution in [-0.4, -0.2) is 52.2 Å². The molecule has 0 aromatic rings. The quantitative estimate of drug-likeness (QED) is 0.277. The lowest BCUT2D eigenvalue weighted by molar-refractivity contribution is -0.410. The Balaban J connectivity index is 1.42. The molecule has 3 saturated carbocycles. The molecular weight excluding hydrogens is 496 g/mol. The number of rotatable bonds is 6. The molecule has 2 N–H and O–H groups in total. The fourth-order valence-corrected chi connectivity index (χ4v) is 11.0. The first-order valence-electron chi connectivity index (χ1n) is 15.3. The van der Waals surface area contributed by atoms with Gasteiger partial charge in [-0.15, -0.1) is 0 Å². The molecule has 3 heterocycles. The summed E-state index contributed by atoms with van der Waals surface area (Å²) in [5, 5.41) is 23.8. The summed E-state index contributed by atoms with van der Waals surface area (Å²) < 4.78 is 26.7. The van der Waals surface area contributed by atoms with E-state index < -0.39 is 34.1 Å². The van der Waals surface area contributed by atoms with Gasteiger partial charge in [0.25, 0.3) is 0 Å². The summed E-state index contributed by atoms with van der Waals surface area (Å²) in [6.07, 6.45) is 5.52. The van der Waals surface area contributed by atoms with E-state index >= 15 is 0 Å². The summed E-state index contributed by atoms with van der Waals surface area (Å²) in [5.74, 6) is -2.86. The Hall–Kier alpha value is -1.25. The van der Waals surface area contributed by atoms with Crippen molar-refractivity contribution < 1.29 is 34.0 Å². The van der Waals surface area contributed by atoms with Crippen molar-refractivity contribution in [2.24, 2.45) is 39.9 Å². The Morgan fingerprint density at radius 1 is 1.21 bits per heavy atom. The fraction of sp³-hybridized carbons (Fsp3) is 0.844. The van der Waals surface area contributed by atoms with Gasteiger partial charge in [-0.2, -0.15) is 0 Å². The topological polar surface area (TPSA) is 94.5 Å². The van der Waals surface area contributed by atoms with Crippen LogP contribution in [0.4, 0.5) is 0 Å². The molecule has 39 heavy (non-hydrogen) atoms. The van der Waals surface area contributed by atoms with Crippen molar-refractivity contribution in [1.82, 2.24) is 0 Å². The predicted octanol–water partition coefficient (Wildman–Crippen LogP) is 5.00. The van der Waals surface area contributed by atoms with Gasteiger partial charge in [-0.1, -0.05) is 40.7 Å². The Kier molecular flexibility index (Phi) is 5.31. The van der Waals surface area contributed by atoms with Crippen LogP contribution in [0.3, 0.4) is 0 Å². The zero-order valence-corrected chi connectivity index (χ0v) is 24.5. The SMILES string of the molecule is C=C1C(=O)[C@]23C(C)[C@H]1CCC2C12C[C@]14C1=C(CC[C@@H](OCCCC)O1)CC(C)(C)[C@H]4[C@H](O)[C@@]3(OC(C)(C)O)O2. The van der Waals surface area contributed by atoms with Gasteiger partial charge in [-0.25, -0.2) is 0 Å². The van der Waals surface area contributed by atoms with Crippen LogP contribution in [-0.2, 0) is 23.7 Å². The average Bonchev–Trinajstić information content (AvgIpc) is 3.40. The summed E-state index contributed by atoms with van der Waals surface area (Å²) in [4.78, 5) is 14.5. The van der Waals surface area contributed by atoms with Crippen molar-refractivity contribution >= 4 is 5.78 Å². The summed E-state index contributed by atoms with van der Waals surface area (Å²) >= 11 is 0. The molecule has 0 aromatic carbocycles. The van der Waals surface area contributed by atoms with Crippen molar-refractivity contribution in [1.29, 1.82) is 0 Å². The molecule has 4 aliphatic carbocycles. The first-order valence-corrected chi connectivity index (χ1v) is 15.3. The van der Waals surface area contributed by atoms with E-state index in [1.807, 2.05) is 0 Å². The second-order valence-electron chi connectivity index (χ2n) is 14.9. The standard InChI is InChI=1S/C32H46O7/c1-8-9-14-36-22-13-10-19-15-27(4,5)23-25(34)32(38-28(6,7)35)31-18(3)20(17(2)24(31)33)11-12-21(31)30(39-32)16-29(23,30)26(19)37-22/h18,20-23,25,34-35H,2,8-16H2,1,3-7H3/t18?,20-,21?,22-,23+,25-,29-,30?,31-,32+/m0/s1. The van der Waals surface area contributed by atoms with Crippen LogP contribution < -0.4 is 0 Å². The first kappa shape index (κ1) is 26.6. The van der Waals surface area contributed by atoms with Crippen LogP contribution in [0.15, 0.2) is 23.5 Å². The second kappa shape index (κ2) is 7.77. The number of allylic oxidation sites excluding steroid dienone is 2. The maximum Gasteiger partial charge on any atom is 0.212 e. The lowest BCUT2D eigenvalue weighted by Crippen LogP contribution is -2.69. The number of ether oxygens (including phenoxy) is 4. The third-order valence-corrected chi connectivity index (χ3v) is 12.0. The van der Waals surface area contributed by atoms with Crippen LogP contribution in [0, 0.1) is 39.9 Å². The largest absolute Gasteiger partial charge is 0.469 e. The van der Waals surface area contributed by atoms with Crippen LogP contribution in [0.1, 0.15) is 92.9 Å². The molecule has 10 atom stereocenters. The number of ketones is 1. The highest BCUT2D eigenvalue weighted by atomic mass is 16.8. The lowest BCUT2D eigenvalue weighted by atomic mass is 9.55. The second-order valence-corrected chi connectivity index (χ2v) is 14.9. The third kappa shape index (κ3) is 2.85. The fourth-order valence-electron chi connectivity index (χ4n) is 11.0. The van der Waals surface area contributed by atoms with E-state index in [1.165, 1.54) is 5.57 Å². The van der Waals surface area contributed by atoms with Crippen LogP contribution >= 0.6 is 0 Å². The average molecular weight is 543 g/mol.